The molecule has 0 atom stereocenters. The van der Waals surface area contributed by atoms with E-state index in [1.165, 1.54) is 0 Å². The molecule has 9 heavy (non-hydrogen) atoms. The second-order valence-electron chi connectivity index (χ2n) is 2.20. The fourth-order valence-corrected chi connectivity index (χ4v) is 0.628. The minimum absolute atomic E-state index is 0.118. The Balaban J connectivity index is 2.12. The van der Waals surface area contributed by atoms with Gasteiger partial charge in [-0.3, -0.25) is 4.79 Å². The van der Waals surface area contributed by atoms with Crippen molar-refractivity contribution in [3.05, 3.63) is 0 Å². The second kappa shape index (κ2) is 2.54. The van der Waals surface area contributed by atoms with E-state index in [9.17, 15) is 4.79 Å². The van der Waals surface area contributed by atoms with Gasteiger partial charge in [0.15, 0.2) is 0 Å². The third kappa shape index (κ3) is 1.77. The van der Waals surface area contributed by atoms with Gasteiger partial charge in [0.25, 0.3) is 0 Å². The van der Waals surface area contributed by atoms with Gasteiger partial charge in [-0.05, 0) is 12.8 Å². The van der Waals surface area contributed by atoms with E-state index < -0.39 is 0 Å². The molecule has 0 radical (unpaired) electrons. The molecule has 1 aliphatic rings. The smallest absolute Gasteiger partial charge is 0.223 e. The van der Waals surface area contributed by atoms with Gasteiger partial charge >= 0.3 is 0 Å². The van der Waals surface area contributed by atoms with Gasteiger partial charge in [0, 0.05) is 5.92 Å². The van der Waals surface area contributed by atoms with Gasteiger partial charge in [-0.2, -0.15) is 0 Å². The molecule has 1 N–H and O–H groups in total. The first-order chi connectivity index (χ1) is 4.34. The number of carbonyl (C=O) groups excluding carboxylic acids is 1. The summed E-state index contributed by atoms with van der Waals surface area (Å²) in [5, 5.41) is 2.62. The fourth-order valence-electron chi connectivity index (χ4n) is 0.628. The standard InChI is InChI=1S/C7H9NO/c1-2-5-8-7(9)6-3-4-6/h1,6H,3-5H2,(H,8,9). The van der Waals surface area contributed by atoms with Crippen LogP contribution in [0.1, 0.15) is 12.8 Å². The van der Waals surface area contributed by atoms with Crippen LogP contribution in [-0.4, -0.2) is 12.5 Å². The predicted molar refractivity (Wildman–Crippen MR) is 34.6 cm³/mol. The fraction of sp³-hybridized carbons (Fsp3) is 0.571. The van der Waals surface area contributed by atoms with Crippen LogP contribution >= 0.6 is 0 Å². The van der Waals surface area contributed by atoms with E-state index in [-0.39, 0.29) is 11.8 Å². The Kier molecular flexibility index (Phi) is 1.74. The van der Waals surface area contributed by atoms with E-state index in [1.54, 1.807) is 0 Å². The molecule has 0 aromatic heterocycles. The van der Waals surface area contributed by atoms with Gasteiger partial charge < -0.3 is 5.32 Å². The maximum Gasteiger partial charge on any atom is 0.223 e. The summed E-state index contributed by atoms with van der Waals surface area (Å²) in [4.78, 5) is 10.8. The average molecular weight is 123 g/mol. The van der Waals surface area contributed by atoms with Gasteiger partial charge in [-0.1, -0.05) is 5.92 Å². The molecule has 48 valence electrons. The predicted octanol–water partition coefficient (Wildman–Crippen LogP) is 0.146. The van der Waals surface area contributed by atoms with Gasteiger partial charge in [0.05, 0.1) is 6.54 Å². The summed E-state index contributed by atoms with van der Waals surface area (Å²) in [6.45, 7) is 0.370. The van der Waals surface area contributed by atoms with Crippen molar-refractivity contribution in [3.8, 4) is 12.3 Å². The number of hydrogen-bond acceptors (Lipinski definition) is 1. The summed E-state index contributed by atoms with van der Waals surface area (Å²) in [7, 11) is 0. The molecule has 2 heteroatoms. The Morgan fingerprint density at radius 1 is 1.78 bits per heavy atom. The van der Waals surface area contributed by atoms with Crippen LogP contribution in [0.4, 0.5) is 0 Å². The van der Waals surface area contributed by atoms with E-state index in [4.69, 9.17) is 6.42 Å². The Hall–Kier alpha value is -0.970. The number of amides is 1. The summed E-state index contributed by atoms with van der Waals surface area (Å²) in [5.41, 5.74) is 0. The van der Waals surface area contributed by atoms with Crippen LogP contribution in [0.15, 0.2) is 0 Å². The third-order valence-electron chi connectivity index (χ3n) is 1.31. The number of carbonyl (C=O) groups is 1. The normalized spacial score (nSPS) is 16.3. The van der Waals surface area contributed by atoms with Crippen LogP contribution in [0.3, 0.4) is 0 Å². The Morgan fingerprint density at radius 3 is 2.89 bits per heavy atom. The number of rotatable bonds is 2. The molecular formula is C7H9NO. The maximum atomic E-state index is 10.8. The Bertz CT molecular complexity index is 153. The molecule has 1 rings (SSSR count). The summed E-state index contributed by atoms with van der Waals surface area (Å²) in [6.07, 6.45) is 7.01. The van der Waals surface area contributed by atoms with Crippen LogP contribution in [0, 0.1) is 18.3 Å². The van der Waals surface area contributed by atoms with Crippen LogP contribution in [0.5, 0.6) is 0 Å². The average Bonchev–Trinajstić information content (AvgIpc) is 2.63. The second-order valence-corrected chi connectivity index (χ2v) is 2.20. The van der Waals surface area contributed by atoms with E-state index in [0.29, 0.717) is 6.54 Å². The number of nitrogens with one attached hydrogen (secondary N) is 1. The van der Waals surface area contributed by atoms with Crippen LogP contribution in [-0.2, 0) is 4.79 Å². The van der Waals surface area contributed by atoms with Crippen molar-refractivity contribution in [1.29, 1.82) is 0 Å². The topological polar surface area (TPSA) is 29.1 Å². The van der Waals surface area contributed by atoms with E-state index in [2.05, 4.69) is 11.2 Å². The highest BCUT2D eigenvalue weighted by Gasteiger charge is 2.28. The van der Waals surface area contributed by atoms with Crippen molar-refractivity contribution in [3.63, 3.8) is 0 Å². The van der Waals surface area contributed by atoms with Gasteiger partial charge in [0.2, 0.25) is 5.91 Å². The molecule has 1 amide bonds. The summed E-state index contributed by atoms with van der Waals surface area (Å²) in [5.74, 6) is 2.74. The molecule has 1 fully saturated rings. The quantitative estimate of drug-likeness (QED) is 0.520. The SMILES string of the molecule is C#CCNC(=O)C1CC1. The summed E-state index contributed by atoms with van der Waals surface area (Å²) in [6, 6.07) is 0. The van der Waals surface area contributed by atoms with Crippen molar-refractivity contribution >= 4 is 5.91 Å². The Labute approximate surface area is 54.6 Å². The minimum Gasteiger partial charge on any atom is -0.345 e. The lowest BCUT2D eigenvalue weighted by Gasteiger charge is -1.95. The molecule has 0 aliphatic heterocycles. The van der Waals surface area contributed by atoms with Crippen LogP contribution in [0.25, 0.3) is 0 Å². The van der Waals surface area contributed by atoms with Crippen molar-refractivity contribution in [1.82, 2.24) is 5.32 Å². The molecule has 0 aromatic rings. The third-order valence-corrected chi connectivity index (χ3v) is 1.31. The summed E-state index contributed by atoms with van der Waals surface area (Å²) < 4.78 is 0. The number of hydrogen-bond donors (Lipinski definition) is 1. The first-order valence-corrected chi connectivity index (χ1v) is 3.06. The Morgan fingerprint density at radius 2 is 2.44 bits per heavy atom. The number of terminal acetylenes is 1. The molecule has 1 saturated carbocycles. The van der Waals surface area contributed by atoms with Crippen molar-refractivity contribution < 1.29 is 4.79 Å². The summed E-state index contributed by atoms with van der Waals surface area (Å²) >= 11 is 0. The zero-order valence-electron chi connectivity index (χ0n) is 5.18. The van der Waals surface area contributed by atoms with Crippen LogP contribution in [0.2, 0.25) is 0 Å². The lowest BCUT2D eigenvalue weighted by atomic mass is 10.4. The zero-order chi connectivity index (χ0) is 6.69. The maximum absolute atomic E-state index is 10.8. The molecule has 0 bridgehead atoms. The van der Waals surface area contributed by atoms with Crippen molar-refractivity contribution in [2.75, 3.05) is 6.54 Å². The van der Waals surface area contributed by atoms with Crippen molar-refractivity contribution in [2.45, 2.75) is 12.8 Å². The largest absolute Gasteiger partial charge is 0.345 e. The molecule has 0 aromatic carbocycles. The first kappa shape index (κ1) is 6.15. The molecule has 0 saturated heterocycles. The monoisotopic (exact) mass is 123 g/mol. The lowest BCUT2D eigenvalue weighted by molar-refractivity contribution is -0.122. The molecular weight excluding hydrogens is 114 g/mol. The van der Waals surface area contributed by atoms with Crippen molar-refractivity contribution in [2.24, 2.45) is 5.92 Å². The van der Waals surface area contributed by atoms with Gasteiger partial charge in [0.1, 0.15) is 0 Å². The van der Waals surface area contributed by atoms with Gasteiger partial charge in [-0.25, -0.2) is 0 Å². The minimum atomic E-state index is 0.118. The van der Waals surface area contributed by atoms with E-state index in [0.717, 1.165) is 12.8 Å². The van der Waals surface area contributed by atoms with E-state index >= 15 is 0 Å². The van der Waals surface area contributed by atoms with Gasteiger partial charge in [-0.15, -0.1) is 6.42 Å². The molecule has 1 aliphatic carbocycles. The molecule has 0 spiro atoms. The highest BCUT2D eigenvalue weighted by molar-refractivity contribution is 5.80. The zero-order valence-corrected chi connectivity index (χ0v) is 5.18. The van der Waals surface area contributed by atoms with Crippen LogP contribution < -0.4 is 5.32 Å². The van der Waals surface area contributed by atoms with E-state index in [1.807, 2.05) is 0 Å². The lowest BCUT2D eigenvalue weighted by Crippen LogP contribution is -2.24. The highest BCUT2D eigenvalue weighted by atomic mass is 16.2. The molecule has 0 unspecified atom stereocenters. The molecule has 2 nitrogen and oxygen atoms in total. The molecule has 0 heterocycles. The first-order valence-electron chi connectivity index (χ1n) is 3.06. The highest BCUT2D eigenvalue weighted by Crippen LogP contribution is 2.28.